The van der Waals surface area contributed by atoms with Crippen molar-refractivity contribution in [1.82, 2.24) is 4.72 Å². The van der Waals surface area contributed by atoms with Gasteiger partial charge in [0, 0.05) is 6.54 Å². The summed E-state index contributed by atoms with van der Waals surface area (Å²) in [6, 6.07) is 3.58. The second-order valence-corrected chi connectivity index (χ2v) is 5.39. The monoisotopic (exact) mass is 277 g/mol. The van der Waals surface area contributed by atoms with Crippen LogP contribution in [-0.4, -0.2) is 32.7 Å². The molecular weight excluding hydrogens is 265 g/mol. The highest BCUT2D eigenvalue weighted by molar-refractivity contribution is 7.89. The minimum Gasteiger partial charge on any atom is -0.378 e. The summed E-state index contributed by atoms with van der Waals surface area (Å²) in [5.74, 6) is -1.24. The van der Waals surface area contributed by atoms with Crippen LogP contribution in [0.25, 0.3) is 0 Å². The maximum Gasteiger partial charge on any atom is 0.327 e. The number of nitrogens with zero attached hydrogens (tertiary/aromatic N) is 1. The highest BCUT2D eigenvalue weighted by atomic mass is 32.2. The van der Waals surface area contributed by atoms with Gasteiger partial charge in [0.25, 0.3) is 0 Å². The molecule has 2 N–H and O–H groups in total. The van der Waals surface area contributed by atoms with Crippen LogP contribution in [0.1, 0.15) is 0 Å². The van der Waals surface area contributed by atoms with Crippen LogP contribution >= 0.6 is 0 Å². The molecule has 0 aromatic heterocycles. The van der Waals surface area contributed by atoms with E-state index in [1.807, 2.05) is 0 Å². The predicted octanol–water partition coefficient (Wildman–Crippen LogP) is 0.695. The van der Waals surface area contributed by atoms with Crippen molar-refractivity contribution in [2.75, 3.05) is 24.7 Å². The van der Waals surface area contributed by atoms with Crippen molar-refractivity contribution >= 4 is 21.4 Å². The third kappa shape index (κ3) is 3.64. The zero-order valence-corrected chi connectivity index (χ0v) is 10.3. The molecule has 0 aliphatic rings. The number of para-hydroxylation sites is 1. The van der Waals surface area contributed by atoms with E-state index in [4.69, 9.17) is 0 Å². The number of benzene rings is 1. The molecule has 1 aromatic carbocycles. The van der Waals surface area contributed by atoms with E-state index in [9.17, 15) is 22.9 Å². The van der Waals surface area contributed by atoms with Crippen LogP contribution in [0.5, 0.6) is 0 Å². The minimum absolute atomic E-state index is 0.0497. The molecule has 1 aromatic rings. The SMILES string of the molecule is CNS(=O)(=O)CCNc1cccc(F)c1[N+](=O)[O-]. The average molecular weight is 277 g/mol. The van der Waals surface area contributed by atoms with E-state index in [0.29, 0.717) is 0 Å². The van der Waals surface area contributed by atoms with Crippen LogP contribution in [0, 0.1) is 15.9 Å². The fourth-order valence-electron chi connectivity index (χ4n) is 1.27. The first kappa shape index (κ1) is 14.3. The van der Waals surface area contributed by atoms with E-state index >= 15 is 0 Å². The van der Waals surface area contributed by atoms with Crippen molar-refractivity contribution in [2.24, 2.45) is 0 Å². The fraction of sp³-hybridized carbons (Fsp3) is 0.333. The molecule has 0 spiro atoms. The van der Waals surface area contributed by atoms with Gasteiger partial charge in [-0.2, -0.15) is 4.39 Å². The van der Waals surface area contributed by atoms with Crippen LogP contribution in [0.2, 0.25) is 0 Å². The number of halogens is 1. The molecule has 0 bridgehead atoms. The van der Waals surface area contributed by atoms with Crippen molar-refractivity contribution in [3.63, 3.8) is 0 Å². The summed E-state index contributed by atoms with van der Waals surface area (Å²) < 4.78 is 37.5. The van der Waals surface area contributed by atoms with Crippen molar-refractivity contribution in [2.45, 2.75) is 0 Å². The molecule has 0 atom stereocenters. The first-order valence-electron chi connectivity index (χ1n) is 4.95. The Kier molecular flexibility index (Phi) is 4.56. The van der Waals surface area contributed by atoms with Gasteiger partial charge in [0.1, 0.15) is 5.69 Å². The molecule has 1 rings (SSSR count). The van der Waals surface area contributed by atoms with Gasteiger partial charge in [0.15, 0.2) is 0 Å². The molecule has 100 valence electrons. The van der Waals surface area contributed by atoms with Gasteiger partial charge < -0.3 is 5.32 Å². The van der Waals surface area contributed by atoms with E-state index in [1.54, 1.807) is 0 Å². The Morgan fingerprint density at radius 1 is 1.44 bits per heavy atom. The lowest BCUT2D eigenvalue weighted by Crippen LogP contribution is -2.26. The quantitative estimate of drug-likeness (QED) is 0.588. The molecule has 9 heteroatoms. The van der Waals surface area contributed by atoms with Gasteiger partial charge in [0.05, 0.1) is 10.7 Å². The zero-order chi connectivity index (χ0) is 13.8. The number of sulfonamides is 1. The van der Waals surface area contributed by atoms with Crippen LogP contribution in [0.3, 0.4) is 0 Å². The van der Waals surface area contributed by atoms with Crippen LogP contribution in [0.15, 0.2) is 18.2 Å². The molecule has 0 heterocycles. The largest absolute Gasteiger partial charge is 0.378 e. The number of nitro benzene ring substituents is 1. The normalized spacial score (nSPS) is 11.2. The fourth-order valence-corrected chi connectivity index (χ4v) is 1.84. The molecular formula is C9H12FN3O4S. The summed E-state index contributed by atoms with van der Waals surface area (Å²) in [7, 11) is -2.15. The molecule has 7 nitrogen and oxygen atoms in total. The average Bonchev–Trinajstić information content (AvgIpc) is 2.28. The highest BCUT2D eigenvalue weighted by Gasteiger charge is 2.19. The van der Waals surface area contributed by atoms with Gasteiger partial charge in [-0.25, -0.2) is 13.1 Å². The van der Waals surface area contributed by atoms with Crippen molar-refractivity contribution in [1.29, 1.82) is 0 Å². The number of anilines is 1. The Balaban J connectivity index is 2.80. The third-order valence-electron chi connectivity index (χ3n) is 2.17. The predicted molar refractivity (Wildman–Crippen MR) is 64.4 cm³/mol. The second-order valence-electron chi connectivity index (χ2n) is 3.34. The number of nitrogens with one attached hydrogen (secondary N) is 2. The number of hydrogen-bond acceptors (Lipinski definition) is 5. The lowest BCUT2D eigenvalue weighted by atomic mass is 10.2. The van der Waals surface area contributed by atoms with Gasteiger partial charge in [-0.1, -0.05) is 6.07 Å². The first-order valence-corrected chi connectivity index (χ1v) is 6.60. The summed E-state index contributed by atoms with van der Waals surface area (Å²) >= 11 is 0. The second kappa shape index (κ2) is 5.74. The summed E-state index contributed by atoms with van der Waals surface area (Å²) in [6.07, 6.45) is 0. The Hall–Kier alpha value is -1.74. The smallest absolute Gasteiger partial charge is 0.327 e. The lowest BCUT2D eigenvalue weighted by Gasteiger charge is -2.07. The Morgan fingerprint density at radius 2 is 2.11 bits per heavy atom. The molecule has 18 heavy (non-hydrogen) atoms. The Labute approximate surface area is 103 Å². The van der Waals surface area contributed by atoms with Crippen LogP contribution in [0.4, 0.5) is 15.8 Å². The standard InChI is InChI=1S/C9H12FN3O4S/c1-11-18(16,17)6-5-12-8-4-2-3-7(10)9(8)13(14)15/h2-4,11-12H,5-6H2,1H3. The van der Waals surface area contributed by atoms with E-state index in [2.05, 4.69) is 10.0 Å². The van der Waals surface area contributed by atoms with Crippen molar-refractivity contribution < 1.29 is 17.7 Å². The summed E-state index contributed by atoms with van der Waals surface area (Å²) in [4.78, 5) is 9.80. The Bertz CT molecular complexity index is 547. The van der Waals surface area contributed by atoms with Gasteiger partial charge in [-0.15, -0.1) is 0 Å². The zero-order valence-electron chi connectivity index (χ0n) is 9.51. The summed E-state index contributed by atoms with van der Waals surface area (Å²) in [5, 5.41) is 13.2. The van der Waals surface area contributed by atoms with Crippen molar-refractivity contribution in [3.05, 3.63) is 34.1 Å². The molecule has 0 amide bonds. The minimum atomic E-state index is -3.41. The van der Waals surface area contributed by atoms with E-state index in [-0.39, 0.29) is 18.0 Å². The maximum absolute atomic E-state index is 13.2. The number of hydrogen-bond donors (Lipinski definition) is 2. The van der Waals surface area contributed by atoms with Gasteiger partial charge in [0.2, 0.25) is 15.8 Å². The maximum atomic E-state index is 13.2. The highest BCUT2D eigenvalue weighted by Crippen LogP contribution is 2.26. The van der Waals surface area contributed by atoms with Gasteiger partial charge >= 0.3 is 5.69 Å². The third-order valence-corrected chi connectivity index (χ3v) is 3.53. The van der Waals surface area contributed by atoms with E-state index in [1.165, 1.54) is 19.2 Å². The summed E-state index contributed by atoms with van der Waals surface area (Å²) in [6.45, 7) is -0.0620. The van der Waals surface area contributed by atoms with Crippen LogP contribution < -0.4 is 10.0 Å². The first-order chi connectivity index (χ1) is 8.37. The van der Waals surface area contributed by atoms with Gasteiger partial charge in [-0.05, 0) is 19.2 Å². The van der Waals surface area contributed by atoms with E-state index < -0.39 is 26.5 Å². The number of rotatable bonds is 6. The molecule has 0 radical (unpaired) electrons. The number of nitro groups is 1. The molecule has 0 aliphatic heterocycles. The lowest BCUT2D eigenvalue weighted by molar-refractivity contribution is -0.386. The van der Waals surface area contributed by atoms with E-state index in [0.717, 1.165) is 6.07 Å². The Morgan fingerprint density at radius 3 is 2.67 bits per heavy atom. The molecule has 0 saturated heterocycles. The molecule has 0 saturated carbocycles. The topological polar surface area (TPSA) is 101 Å². The molecule has 0 aliphatic carbocycles. The van der Waals surface area contributed by atoms with Crippen LogP contribution in [-0.2, 0) is 10.0 Å². The molecule has 0 fully saturated rings. The summed E-state index contributed by atoms with van der Waals surface area (Å²) in [5.41, 5.74) is -0.745. The molecule has 0 unspecified atom stereocenters. The van der Waals surface area contributed by atoms with Crippen molar-refractivity contribution in [3.8, 4) is 0 Å². The van der Waals surface area contributed by atoms with Gasteiger partial charge in [-0.3, -0.25) is 10.1 Å².